The predicted octanol–water partition coefficient (Wildman–Crippen LogP) is 10.3. The first kappa shape index (κ1) is 47.0. The lowest BCUT2D eigenvalue weighted by molar-refractivity contribution is 0.264. The molecule has 6 aromatic rings. The van der Waals surface area contributed by atoms with Gasteiger partial charge in [-0.05, 0) is 99.0 Å². The molecule has 2 saturated carbocycles. The third-order valence-corrected chi connectivity index (χ3v) is 16.4. The van der Waals surface area contributed by atoms with Gasteiger partial charge in [0.15, 0.2) is 46.6 Å². The molecule has 4 bridgehead atoms. The van der Waals surface area contributed by atoms with Crippen LogP contribution in [0.4, 0.5) is 38.0 Å². The van der Waals surface area contributed by atoms with Crippen molar-refractivity contribution in [2.24, 2.45) is 35.5 Å². The van der Waals surface area contributed by atoms with E-state index in [0.717, 1.165) is 126 Å². The molecule has 12 rings (SSSR count). The average molecular weight is 1010 g/mol. The van der Waals surface area contributed by atoms with Crippen molar-refractivity contribution in [3.8, 4) is 0 Å². The van der Waals surface area contributed by atoms with E-state index in [2.05, 4.69) is 29.7 Å². The van der Waals surface area contributed by atoms with Crippen LogP contribution in [0.15, 0.2) is 49.1 Å². The lowest BCUT2D eigenvalue weighted by atomic mass is 9.82. The summed E-state index contributed by atoms with van der Waals surface area (Å²) in [4.78, 5) is 31.1. The van der Waals surface area contributed by atoms with E-state index >= 15 is 0 Å². The number of nitrogens with zero attached hydrogens (tertiary/aromatic N) is 12. The molecule has 8 atom stereocenters. The maximum absolute atomic E-state index is 14.7. The second-order valence-corrected chi connectivity index (χ2v) is 20.8. The number of fused-ring (bicyclic) bond motifs is 6. The zero-order chi connectivity index (χ0) is 48.2. The zero-order valence-electron chi connectivity index (χ0n) is 38.4. The standard InChI is InChI=1S/2C25H26ClF3N6/c2*26-20-10-22(31-13-30-20)34-11-14-4-5-15(12-34)18(14)9-21-32-25-17(3-1-2-8-35(25)33-21)16-6-7-19(27)24(29)23(16)28/h2*6-7,10,13-15,17-18H,1-5,8-9,11-12H2/t2*14-,15+,17-,18?/m10/s1. The molecule has 2 unspecified atom stereocenters. The average Bonchev–Trinajstić information content (AvgIpc) is 3.97. The van der Waals surface area contributed by atoms with Gasteiger partial charge < -0.3 is 9.80 Å². The Morgan fingerprint density at radius 1 is 0.486 bits per heavy atom. The van der Waals surface area contributed by atoms with Gasteiger partial charge >= 0.3 is 0 Å². The second-order valence-electron chi connectivity index (χ2n) is 20.0. The highest BCUT2D eigenvalue weighted by Crippen LogP contribution is 2.46. The van der Waals surface area contributed by atoms with Gasteiger partial charge in [-0.1, -0.05) is 48.2 Å². The number of aryl methyl sites for hydroxylation is 2. The van der Waals surface area contributed by atoms with Crippen LogP contribution >= 0.6 is 23.2 Å². The minimum absolute atomic E-state index is 0.155. The van der Waals surface area contributed by atoms with Crippen LogP contribution in [-0.2, 0) is 25.9 Å². The van der Waals surface area contributed by atoms with Gasteiger partial charge in [0.2, 0.25) is 0 Å². The molecule has 0 amide bonds. The molecule has 368 valence electrons. The molecule has 4 aliphatic heterocycles. The zero-order valence-corrected chi connectivity index (χ0v) is 39.9. The Bertz CT molecular complexity index is 2660. The molecule has 0 spiro atoms. The molecule has 6 aliphatic rings. The highest BCUT2D eigenvalue weighted by molar-refractivity contribution is 6.29. The van der Waals surface area contributed by atoms with E-state index in [0.29, 0.717) is 83.4 Å². The summed E-state index contributed by atoms with van der Waals surface area (Å²) >= 11 is 12.1. The van der Waals surface area contributed by atoms with Crippen molar-refractivity contribution in [2.75, 3.05) is 36.0 Å². The minimum atomic E-state index is -1.42. The van der Waals surface area contributed by atoms with Crippen molar-refractivity contribution in [1.29, 1.82) is 0 Å². The van der Waals surface area contributed by atoms with E-state index in [1.807, 2.05) is 21.5 Å². The molecule has 0 radical (unpaired) electrons. The summed E-state index contributed by atoms with van der Waals surface area (Å²) in [6.07, 6.45) is 13.9. The number of hydrogen-bond donors (Lipinski definition) is 0. The summed E-state index contributed by atoms with van der Waals surface area (Å²) in [6, 6.07) is 8.31. The van der Waals surface area contributed by atoms with Crippen molar-refractivity contribution < 1.29 is 26.3 Å². The van der Waals surface area contributed by atoms with E-state index in [9.17, 15) is 26.3 Å². The van der Waals surface area contributed by atoms with Crippen molar-refractivity contribution >= 4 is 34.8 Å². The van der Waals surface area contributed by atoms with Crippen LogP contribution in [0.25, 0.3) is 0 Å². The first-order chi connectivity index (χ1) is 33.9. The molecule has 8 heterocycles. The molecule has 4 fully saturated rings. The van der Waals surface area contributed by atoms with Crippen molar-refractivity contribution in [3.63, 3.8) is 0 Å². The summed E-state index contributed by atoms with van der Waals surface area (Å²) in [5.41, 5.74) is 0.311. The van der Waals surface area contributed by atoms with E-state index in [1.165, 1.54) is 24.8 Å². The summed E-state index contributed by atoms with van der Waals surface area (Å²) < 4.78 is 88.1. The van der Waals surface area contributed by atoms with Gasteiger partial charge in [-0.3, -0.25) is 0 Å². The van der Waals surface area contributed by atoms with Gasteiger partial charge in [0, 0.05) is 87.2 Å². The van der Waals surface area contributed by atoms with Gasteiger partial charge in [0.25, 0.3) is 0 Å². The smallest absolute Gasteiger partial charge is 0.194 e. The predicted molar refractivity (Wildman–Crippen MR) is 249 cm³/mol. The van der Waals surface area contributed by atoms with Crippen molar-refractivity contribution in [3.05, 3.63) is 129 Å². The lowest BCUT2D eigenvalue weighted by Gasteiger charge is -2.38. The van der Waals surface area contributed by atoms with Gasteiger partial charge in [-0.2, -0.15) is 10.2 Å². The lowest BCUT2D eigenvalue weighted by Crippen LogP contribution is -2.43. The number of hydrogen-bond acceptors (Lipinski definition) is 10. The van der Waals surface area contributed by atoms with Crippen LogP contribution < -0.4 is 9.80 Å². The fraction of sp³-hybridized carbons (Fsp3) is 0.520. The summed E-state index contributed by atoms with van der Waals surface area (Å²) in [6.45, 7) is 5.03. The highest BCUT2D eigenvalue weighted by atomic mass is 35.5. The van der Waals surface area contributed by atoms with Crippen molar-refractivity contribution in [1.82, 2.24) is 49.5 Å². The largest absolute Gasteiger partial charge is 0.356 e. The second kappa shape index (κ2) is 19.7. The third-order valence-electron chi connectivity index (χ3n) is 16.0. The third kappa shape index (κ3) is 9.22. The van der Waals surface area contributed by atoms with Gasteiger partial charge in [0.05, 0.1) is 0 Å². The number of halogens is 8. The van der Waals surface area contributed by atoms with Crippen LogP contribution in [0.5, 0.6) is 0 Å². The number of benzene rings is 2. The molecular formula is C50H52Cl2F6N12. The monoisotopic (exact) mass is 1000 g/mol. The first-order valence-electron chi connectivity index (χ1n) is 24.5. The topological polar surface area (TPSA) is 119 Å². The quantitative estimate of drug-likeness (QED) is 0.0828. The number of rotatable bonds is 8. The molecule has 2 aromatic carbocycles. The molecule has 2 saturated heterocycles. The van der Waals surface area contributed by atoms with E-state index in [4.69, 9.17) is 43.4 Å². The highest BCUT2D eigenvalue weighted by Gasteiger charge is 2.45. The molecule has 0 N–H and O–H groups in total. The maximum Gasteiger partial charge on any atom is 0.194 e. The maximum atomic E-state index is 14.7. The fourth-order valence-electron chi connectivity index (χ4n) is 12.6. The van der Waals surface area contributed by atoms with Gasteiger partial charge in [0.1, 0.15) is 46.2 Å². The van der Waals surface area contributed by atoms with Crippen LogP contribution in [0, 0.1) is 70.4 Å². The SMILES string of the molecule is Fc1ccc([C@@H]2CCCCn3nc(CC4[C@@H]5CC[C@H]4CN(c4cc(Cl)ncn4)C5)nc32)c(F)c1F.Fc1ccc([C@H]2CCCCn3nc(CC4[C@@H]5CC[C@H]4CN(c4cc(Cl)ncn4)C5)nc32)c(F)c1F. The van der Waals surface area contributed by atoms with E-state index < -0.39 is 46.7 Å². The minimum Gasteiger partial charge on any atom is -0.356 e. The fourth-order valence-corrected chi connectivity index (χ4v) is 12.9. The first-order valence-corrected chi connectivity index (χ1v) is 25.3. The molecule has 70 heavy (non-hydrogen) atoms. The number of anilines is 2. The van der Waals surface area contributed by atoms with E-state index in [-0.39, 0.29) is 11.1 Å². The molecule has 12 nitrogen and oxygen atoms in total. The van der Waals surface area contributed by atoms with Gasteiger partial charge in [-0.15, -0.1) is 0 Å². The summed E-state index contributed by atoms with van der Waals surface area (Å²) in [5, 5.41) is 10.5. The molecule has 2 aliphatic carbocycles. The Labute approximate surface area is 411 Å². The summed E-state index contributed by atoms with van der Waals surface area (Å²) in [7, 11) is 0. The number of piperidine rings is 2. The van der Waals surface area contributed by atoms with Crippen LogP contribution in [0.1, 0.15) is 110 Å². The molecule has 20 heteroatoms. The Hall–Kier alpha value is -5.36. The Balaban J connectivity index is 0.000000152. The normalized spacial score (nSPS) is 26.0. The molecular weight excluding hydrogens is 954 g/mol. The number of aromatic nitrogens is 10. The molecule has 4 aromatic heterocycles. The van der Waals surface area contributed by atoms with Gasteiger partial charge in [-0.25, -0.2) is 65.6 Å². The summed E-state index contributed by atoms with van der Waals surface area (Å²) in [5.74, 6) is -0.799. The van der Waals surface area contributed by atoms with E-state index in [1.54, 1.807) is 0 Å². The Morgan fingerprint density at radius 2 is 0.886 bits per heavy atom. The Kier molecular flexibility index (Phi) is 13.2. The van der Waals surface area contributed by atoms with Crippen LogP contribution in [-0.4, -0.2) is 75.6 Å². The van der Waals surface area contributed by atoms with Crippen LogP contribution in [0.2, 0.25) is 10.3 Å². The van der Waals surface area contributed by atoms with Crippen LogP contribution in [0.3, 0.4) is 0 Å². The Morgan fingerprint density at radius 3 is 1.27 bits per heavy atom. The van der Waals surface area contributed by atoms with Crippen molar-refractivity contribution in [2.45, 2.75) is 102 Å².